The number of ether oxygens (including phenoxy) is 8. The number of aryl methyl sites for hydroxylation is 2. The molecule has 0 aliphatic carbocycles. The summed E-state index contributed by atoms with van der Waals surface area (Å²) < 4.78 is 45.1. The van der Waals surface area contributed by atoms with Gasteiger partial charge in [0.1, 0.15) is 24.7 Å². The minimum absolute atomic E-state index is 0.453. The van der Waals surface area contributed by atoms with Crippen molar-refractivity contribution in [3.05, 3.63) is 217 Å². The van der Waals surface area contributed by atoms with Crippen LogP contribution in [0.3, 0.4) is 0 Å². The Kier molecular flexibility index (Phi) is 34.6. The number of benzene rings is 9. The fourth-order valence-corrected chi connectivity index (χ4v) is 13.5. The third-order valence-corrected chi connectivity index (χ3v) is 19.1. The lowest BCUT2D eigenvalue weighted by atomic mass is 9.74. The van der Waals surface area contributed by atoms with Gasteiger partial charge in [0.15, 0.2) is 0 Å². The van der Waals surface area contributed by atoms with Crippen molar-refractivity contribution in [2.24, 2.45) is 0 Å². The van der Waals surface area contributed by atoms with Gasteiger partial charge in [0, 0.05) is 14.2 Å². The van der Waals surface area contributed by atoms with E-state index in [0.717, 1.165) is 57.7 Å². The first-order valence-electron chi connectivity index (χ1n) is 38.1. The van der Waals surface area contributed by atoms with E-state index in [-0.39, 0.29) is 0 Å². The Hall–Kier alpha value is -7.66. The predicted molar refractivity (Wildman–Crippen MR) is 419 cm³/mol. The minimum atomic E-state index is 0.453. The molecule has 9 aromatic carbocycles. The van der Waals surface area contributed by atoms with Crippen LogP contribution in [-0.2, 0) is 41.3 Å². The van der Waals surface area contributed by atoms with Gasteiger partial charge in [0.05, 0.1) is 66.1 Å². The van der Waals surface area contributed by atoms with Gasteiger partial charge in [-0.3, -0.25) is 0 Å². The number of hydrogen-bond acceptors (Lipinski definition) is 8. The average molecular weight is 1350 g/mol. The quantitative estimate of drug-likeness (QED) is 0.0349. The van der Waals surface area contributed by atoms with Crippen LogP contribution in [0, 0.1) is 0 Å². The van der Waals surface area contributed by atoms with Crippen molar-refractivity contribution in [3.8, 4) is 101 Å². The van der Waals surface area contributed by atoms with E-state index in [0.29, 0.717) is 79.3 Å². The molecule has 0 amide bonds. The highest BCUT2D eigenvalue weighted by atomic mass is 16.6. The van der Waals surface area contributed by atoms with Gasteiger partial charge in [-0.05, 0) is 150 Å². The second-order valence-electron chi connectivity index (χ2n) is 26.6. The first-order valence-corrected chi connectivity index (χ1v) is 38.1. The molecule has 0 radical (unpaired) electrons. The van der Waals surface area contributed by atoms with Crippen molar-refractivity contribution in [3.63, 3.8) is 0 Å². The smallest absolute Gasteiger partial charge is 0.119 e. The second kappa shape index (κ2) is 45.3. The van der Waals surface area contributed by atoms with Crippen molar-refractivity contribution in [1.29, 1.82) is 0 Å². The highest BCUT2D eigenvalue weighted by molar-refractivity contribution is 6.15. The molecule has 8 heteroatoms. The fourth-order valence-electron chi connectivity index (χ4n) is 13.5. The summed E-state index contributed by atoms with van der Waals surface area (Å²) in [6, 6.07) is 77.2. The molecule has 8 nitrogen and oxygen atoms in total. The van der Waals surface area contributed by atoms with E-state index < -0.39 is 0 Å². The van der Waals surface area contributed by atoms with Gasteiger partial charge in [0.2, 0.25) is 0 Å². The van der Waals surface area contributed by atoms with Crippen molar-refractivity contribution in [2.45, 2.75) is 155 Å². The lowest BCUT2D eigenvalue weighted by Crippen LogP contribution is -2.12. The Labute approximate surface area is 601 Å². The Morgan fingerprint density at radius 1 is 0.200 bits per heavy atom. The summed E-state index contributed by atoms with van der Waals surface area (Å²) in [5.74, 6) is 1.61. The van der Waals surface area contributed by atoms with Crippen LogP contribution in [0.1, 0.15) is 153 Å². The van der Waals surface area contributed by atoms with Crippen LogP contribution in [0.4, 0.5) is 0 Å². The zero-order valence-electron chi connectivity index (χ0n) is 60.9. The Morgan fingerprint density at radius 2 is 0.420 bits per heavy atom. The zero-order chi connectivity index (χ0) is 69.3. The summed E-state index contributed by atoms with van der Waals surface area (Å²) in [5.41, 5.74) is 21.5. The summed E-state index contributed by atoms with van der Waals surface area (Å²) in [6.07, 6.45) is 28.8. The van der Waals surface area contributed by atoms with Gasteiger partial charge in [-0.25, -0.2) is 0 Å². The molecule has 9 rings (SSSR count). The molecule has 0 heterocycles. The third-order valence-electron chi connectivity index (χ3n) is 19.1. The van der Waals surface area contributed by atoms with Gasteiger partial charge < -0.3 is 37.9 Å². The second-order valence-corrected chi connectivity index (χ2v) is 26.6. The SMILES string of the molecule is CCCCCCCCCCCCc1ccc(-c2c(-c3ccccc3)c(-c3ccc(-c4ccc(OCCOCCOCCOC)cc4)cc3)c(-c3ccc(-c4ccc(OCCOCCOCCOC)cc4)cc3)c(-c3ccccc3)c2-c2ccc(CCCCCCCCCCCC)cc2)cc1. The standard InChI is InChI=1S/C92H114O8/c1-5-7-9-11-13-15-17-19-21-25-31-73-37-41-81(42-38-73)89-87(79-33-27-23-28-34-79)91(83-49-45-75(46-50-83)77-53-57-85(58-54-77)99-71-69-97-67-65-95-63-61-93-3)92(84-51-47-76(48-52-84)78-55-59-86(60-56-78)100-72-70-98-68-66-96-64-62-94-4)88(80-35-29-24-30-36-80)90(89)82-43-39-74(40-44-82)32-26-22-20-18-16-14-12-10-8-6-2/h23-24,27-30,33-60H,5-22,25-26,31-32,61-72H2,1-4H3. The van der Waals surface area contributed by atoms with Crippen molar-refractivity contribution < 1.29 is 37.9 Å². The van der Waals surface area contributed by atoms with Crippen LogP contribution in [0.5, 0.6) is 11.5 Å². The first-order chi connectivity index (χ1) is 49.6. The van der Waals surface area contributed by atoms with Gasteiger partial charge in [-0.2, -0.15) is 0 Å². The van der Waals surface area contributed by atoms with Gasteiger partial charge in [0.25, 0.3) is 0 Å². The summed E-state index contributed by atoms with van der Waals surface area (Å²) in [5, 5.41) is 0. The van der Waals surface area contributed by atoms with E-state index >= 15 is 0 Å². The molecular formula is C92H114O8. The van der Waals surface area contributed by atoms with Gasteiger partial charge in [-0.1, -0.05) is 311 Å². The van der Waals surface area contributed by atoms with Crippen molar-refractivity contribution in [1.82, 2.24) is 0 Å². The lowest BCUT2D eigenvalue weighted by Gasteiger charge is -2.29. The molecule has 0 fully saturated rings. The monoisotopic (exact) mass is 1350 g/mol. The van der Waals surface area contributed by atoms with Crippen LogP contribution in [0.15, 0.2) is 206 Å². The van der Waals surface area contributed by atoms with Crippen molar-refractivity contribution in [2.75, 3.05) is 93.5 Å². The number of methoxy groups -OCH3 is 2. The molecule has 0 aliphatic heterocycles. The highest BCUT2D eigenvalue weighted by Gasteiger charge is 2.29. The average Bonchev–Trinajstić information content (AvgIpc) is 0.716. The van der Waals surface area contributed by atoms with E-state index in [1.54, 1.807) is 14.2 Å². The van der Waals surface area contributed by atoms with Crippen LogP contribution in [0.25, 0.3) is 89.0 Å². The van der Waals surface area contributed by atoms with E-state index in [9.17, 15) is 0 Å². The molecule has 0 aliphatic rings. The van der Waals surface area contributed by atoms with E-state index in [1.165, 1.54) is 195 Å². The maximum Gasteiger partial charge on any atom is 0.119 e. The third kappa shape index (κ3) is 24.9. The highest BCUT2D eigenvalue weighted by Crippen LogP contribution is 2.56. The predicted octanol–water partition coefficient (Wildman–Crippen LogP) is 24.1. The van der Waals surface area contributed by atoms with E-state index in [2.05, 4.69) is 220 Å². The zero-order valence-corrected chi connectivity index (χ0v) is 60.9. The first kappa shape index (κ1) is 76.5. The number of rotatable bonds is 50. The number of hydrogen-bond donors (Lipinski definition) is 0. The molecule has 9 aromatic rings. The Morgan fingerprint density at radius 3 is 0.700 bits per heavy atom. The molecule has 0 unspecified atom stereocenters. The number of unbranched alkanes of at least 4 members (excludes halogenated alkanes) is 18. The van der Waals surface area contributed by atoms with E-state index in [1.807, 2.05) is 0 Å². The van der Waals surface area contributed by atoms with Crippen molar-refractivity contribution >= 4 is 0 Å². The molecule has 0 saturated heterocycles. The molecule has 530 valence electrons. The van der Waals surface area contributed by atoms with Gasteiger partial charge >= 0.3 is 0 Å². The maximum atomic E-state index is 6.13. The Balaban J connectivity index is 1.12. The summed E-state index contributed by atoms with van der Waals surface area (Å²) in [4.78, 5) is 0. The molecule has 0 saturated carbocycles. The normalized spacial score (nSPS) is 11.4. The van der Waals surface area contributed by atoms with Crippen LogP contribution in [0.2, 0.25) is 0 Å². The maximum absolute atomic E-state index is 6.13. The fraction of sp³-hybridized carbons (Fsp3) is 0.413. The summed E-state index contributed by atoms with van der Waals surface area (Å²) in [7, 11) is 3.35. The molecule has 0 spiro atoms. The molecule has 0 atom stereocenters. The van der Waals surface area contributed by atoms with Crippen LogP contribution < -0.4 is 9.47 Å². The molecular weight excluding hydrogens is 1230 g/mol. The molecule has 0 aromatic heterocycles. The molecule has 0 bridgehead atoms. The van der Waals surface area contributed by atoms with Gasteiger partial charge in [-0.15, -0.1) is 0 Å². The van der Waals surface area contributed by atoms with Crippen LogP contribution >= 0.6 is 0 Å². The van der Waals surface area contributed by atoms with Crippen LogP contribution in [-0.4, -0.2) is 93.5 Å². The minimum Gasteiger partial charge on any atom is -0.491 e. The largest absolute Gasteiger partial charge is 0.491 e. The summed E-state index contributed by atoms with van der Waals surface area (Å²) in [6.45, 7) is 10.8. The van der Waals surface area contributed by atoms with E-state index in [4.69, 9.17) is 37.9 Å². The Bertz CT molecular complexity index is 3380. The summed E-state index contributed by atoms with van der Waals surface area (Å²) >= 11 is 0. The molecule has 100 heavy (non-hydrogen) atoms. The molecule has 0 N–H and O–H groups in total. The topological polar surface area (TPSA) is 73.8 Å². The lowest BCUT2D eigenvalue weighted by molar-refractivity contribution is 0.0180.